The van der Waals surface area contributed by atoms with Gasteiger partial charge in [-0.2, -0.15) is 0 Å². The molecule has 1 saturated heterocycles. The molecule has 2 unspecified atom stereocenters. The van der Waals surface area contributed by atoms with Gasteiger partial charge in [0.05, 0.1) is 13.3 Å². The van der Waals surface area contributed by atoms with Gasteiger partial charge in [0.15, 0.2) is 0 Å². The molecule has 0 aliphatic carbocycles. The van der Waals surface area contributed by atoms with Crippen LogP contribution in [0.2, 0.25) is 0 Å². The average Bonchev–Trinajstić information content (AvgIpc) is 1.89. The number of nitrogens with zero attached hydrogens (tertiary/aromatic N) is 1. The number of aliphatic hydroxyl groups is 3. The lowest BCUT2D eigenvalue weighted by molar-refractivity contribution is -0.0858. The highest BCUT2D eigenvalue weighted by Gasteiger charge is 2.36. The molecule has 0 aromatic carbocycles. The molecule has 0 saturated carbocycles. The zero-order valence-corrected chi connectivity index (χ0v) is 5.77. The normalized spacial score (nSPS) is 33.9. The molecule has 1 aliphatic rings. The molecule has 1 rings (SSSR count). The number of hydrogen-bond donors (Lipinski definition) is 3. The van der Waals surface area contributed by atoms with E-state index in [1.165, 1.54) is 0 Å². The first-order valence-electron chi connectivity index (χ1n) is 3.40. The van der Waals surface area contributed by atoms with Crippen LogP contribution in [0.25, 0.3) is 0 Å². The second kappa shape index (κ2) is 3.30. The van der Waals surface area contributed by atoms with Gasteiger partial charge < -0.3 is 15.3 Å². The first-order chi connectivity index (χ1) is 4.83. The maximum atomic E-state index is 8.73. The predicted octanol–water partition coefficient (Wildman–Crippen LogP) is -1.78. The third-order valence-electron chi connectivity index (χ3n) is 2.09. The maximum absolute atomic E-state index is 8.73. The van der Waals surface area contributed by atoms with Crippen molar-refractivity contribution in [1.29, 1.82) is 0 Å². The van der Waals surface area contributed by atoms with E-state index < -0.39 is 0 Å². The second-order valence-electron chi connectivity index (χ2n) is 2.61. The van der Waals surface area contributed by atoms with Crippen molar-refractivity contribution in [3.63, 3.8) is 0 Å². The van der Waals surface area contributed by atoms with Crippen molar-refractivity contribution in [2.45, 2.75) is 6.04 Å². The van der Waals surface area contributed by atoms with Gasteiger partial charge in [0.1, 0.15) is 0 Å². The Hall–Kier alpha value is -0.160. The van der Waals surface area contributed by atoms with Crippen molar-refractivity contribution >= 4 is 0 Å². The lowest BCUT2D eigenvalue weighted by Crippen LogP contribution is -2.59. The summed E-state index contributed by atoms with van der Waals surface area (Å²) in [5.41, 5.74) is 0. The number of aliphatic hydroxyl groups excluding tert-OH is 3. The Morgan fingerprint density at radius 3 is 2.30 bits per heavy atom. The SMILES string of the molecule is OCC1CN(CO)C1CO. The number of hydrogen-bond acceptors (Lipinski definition) is 4. The molecule has 2 atom stereocenters. The fraction of sp³-hybridized carbons (Fsp3) is 1.00. The highest BCUT2D eigenvalue weighted by Crippen LogP contribution is 2.22. The van der Waals surface area contributed by atoms with Crippen LogP contribution in [0.15, 0.2) is 0 Å². The van der Waals surface area contributed by atoms with E-state index in [1.807, 2.05) is 0 Å². The minimum absolute atomic E-state index is 0.0196. The van der Waals surface area contributed by atoms with Crippen LogP contribution in [0.3, 0.4) is 0 Å². The van der Waals surface area contributed by atoms with Gasteiger partial charge in [-0.15, -0.1) is 0 Å². The van der Waals surface area contributed by atoms with Crippen LogP contribution >= 0.6 is 0 Å². The highest BCUT2D eigenvalue weighted by atomic mass is 16.3. The Balaban J connectivity index is 2.30. The molecule has 4 nitrogen and oxygen atoms in total. The zero-order chi connectivity index (χ0) is 7.56. The van der Waals surface area contributed by atoms with E-state index in [0.29, 0.717) is 6.54 Å². The van der Waals surface area contributed by atoms with Gasteiger partial charge in [0.25, 0.3) is 0 Å². The highest BCUT2D eigenvalue weighted by molar-refractivity contribution is 4.89. The van der Waals surface area contributed by atoms with Crippen molar-refractivity contribution in [1.82, 2.24) is 4.90 Å². The summed E-state index contributed by atoms with van der Waals surface area (Å²) in [6.07, 6.45) is 0. The summed E-state index contributed by atoms with van der Waals surface area (Å²) >= 11 is 0. The Bertz CT molecular complexity index is 99.2. The summed E-state index contributed by atoms with van der Waals surface area (Å²) in [5.74, 6) is 0.150. The molecular weight excluding hydrogens is 134 g/mol. The van der Waals surface area contributed by atoms with Crippen LogP contribution in [0.5, 0.6) is 0 Å². The fourth-order valence-electron chi connectivity index (χ4n) is 1.33. The van der Waals surface area contributed by atoms with Crippen molar-refractivity contribution in [2.24, 2.45) is 5.92 Å². The number of rotatable bonds is 3. The molecule has 10 heavy (non-hydrogen) atoms. The quantitative estimate of drug-likeness (QED) is 0.441. The summed E-state index contributed by atoms with van der Waals surface area (Å²) in [7, 11) is 0. The molecular formula is C6H13NO3. The Labute approximate surface area is 59.7 Å². The van der Waals surface area contributed by atoms with Crippen molar-refractivity contribution in [3.05, 3.63) is 0 Å². The van der Waals surface area contributed by atoms with Crippen LogP contribution < -0.4 is 0 Å². The van der Waals surface area contributed by atoms with E-state index in [9.17, 15) is 0 Å². The van der Waals surface area contributed by atoms with Crippen molar-refractivity contribution in [3.8, 4) is 0 Å². The molecule has 0 aromatic rings. The van der Waals surface area contributed by atoms with Gasteiger partial charge in [0, 0.05) is 25.1 Å². The molecule has 60 valence electrons. The first-order valence-corrected chi connectivity index (χ1v) is 3.40. The lowest BCUT2D eigenvalue weighted by atomic mass is 9.91. The maximum Gasteiger partial charge on any atom is 0.0959 e. The topological polar surface area (TPSA) is 63.9 Å². The van der Waals surface area contributed by atoms with Crippen LogP contribution in [-0.4, -0.2) is 52.8 Å². The fourth-order valence-corrected chi connectivity index (χ4v) is 1.33. The molecule has 1 fully saturated rings. The van der Waals surface area contributed by atoms with Crippen molar-refractivity contribution in [2.75, 3.05) is 26.5 Å². The standard InChI is InChI=1S/C6H13NO3/c8-2-5-1-7(4-10)6(5)3-9/h5-6,8-10H,1-4H2. The molecule has 0 aromatic heterocycles. The van der Waals surface area contributed by atoms with Gasteiger partial charge in [0.2, 0.25) is 0 Å². The van der Waals surface area contributed by atoms with Gasteiger partial charge in [-0.25, -0.2) is 0 Å². The Morgan fingerprint density at radius 2 is 1.90 bits per heavy atom. The third-order valence-corrected chi connectivity index (χ3v) is 2.09. The molecule has 1 heterocycles. The minimum atomic E-state index is -0.0324. The molecule has 0 bridgehead atoms. The average molecular weight is 147 g/mol. The summed E-state index contributed by atoms with van der Waals surface area (Å²) in [6.45, 7) is 0.785. The van der Waals surface area contributed by atoms with Crippen LogP contribution in [-0.2, 0) is 0 Å². The van der Waals surface area contributed by atoms with E-state index in [-0.39, 0.29) is 31.9 Å². The summed E-state index contributed by atoms with van der Waals surface area (Å²) in [4.78, 5) is 1.72. The molecule has 0 spiro atoms. The van der Waals surface area contributed by atoms with Gasteiger partial charge in [-0.05, 0) is 0 Å². The van der Waals surface area contributed by atoms with Crippen LogP contribution in [0, 0.1) is 5.92 Å². The smallest absolute Gasteiger partial charge is 0.0959 e. The minimum Gasteiger partial charge on any atom is -0.396 e. The van der Waals surface area contributed by atoms with E-state index in [4.69, 9.17) is 15.3 Å². The van der Waals surface area contributed by atoms with E-state index >= 15 is 0 Å². The Kier molecular flexibility index (Phi) is 2.62. The number of likely N-dealkylation sites (tertiary alicyclic amines) is 1. The van der Waals surface area contributed by atoms with E-state index in [1.54, 1.807) is 4.90 Å². The molecule has 1 aliphatic heterocycles. The zero-order valence-electron chi connectivity index (χ0n) is 5.77. The predicted molar refractivity (Wildman–Crippen MR) is 35.2 cm³/mol. The third kappa shape index (κ3) is 1.15. The second-order valence-corrected chi connectivity index (χ2v) is 2.61. The Morgan fingerprint density at radius 1 is 1.20 bits per heavy atom. The molecule has 0 radical (unpaired) electrons. The van der Waals surface area contributed by atoms with Crippen LogP contribution in [0.1, 0.15) is 0 Å². The summed E-state index contributed by atoms with van der Waals surface area (Å²) < 4.78 is 0. The van der Waals surface area contributed by atoms with Gasteiger partial charge in [-0.1, -0.05) is 0 Å². The van der Waals surface area contributed by atoms with Crippen molar-refractivity contribution < 1.29 is 15.3 Å². The monoisotopic (exact) mass is 147 g/mol. The van der Waals surface area contributed by atoms with E-state index in [0.717, 1.165) is 0 Å². The largest absolute Gasteiger partial charge is 0.396 e. The molecule has 4 heteroatoms. The van der Waals surface area contributed by atoms with Crippen LogP contribution in [0.4, 0.5) is 0 Å². The molecule has 3 N–H and O–H groups in total. The van der Waals surface area contributed by atoms with Gasteiger partial charge in [-0.3, -0.25) is 4.90 Å². The molecule has 0 amide bonds. The lowest BCUT2D eigenvalue weighted by Gasteiger charge is -2.45. The summed E-state index contributed by atoms with van der Waals surface area (Å²) in [6, 6.07) is -0.0324. The van der Waals surface area contributed by atoms with E-state index in [2.05, 4.69) is 0 Å². The first kappa shape index (κ1) is 7.94. The van der Waals surface area contributed by atoms with Gasteiger partial charge >= 0.3 is 0 Å². The summed E-state index contributed by atoms with van der Waals surface area (Å²) in [5, 5.41) is 26.0.